The van der Waals surface area contributed by atoms with Crippen LogP contribution in [-0.2, 0) is 4.79 Å². The number of carboxylic acid groups (broad SMARTS) is 1. The van der Waals surface area contributed by atoms with Gasteiger partial charge in [0.15, 0.2) is 11.5 Å². The molecule has 0 aromatic heterocycles. The first-order valence-electron chi connectivity index (χ1n) is 4.20. The molecular formula is C10H10O6. The third-order valence-electron chi connectivity index (χ3n) is 1.85. The molecule has 0 fully saturated rings. The Morgan fingerprint density at radius 1 is 1.31 bits per heavy atom. The monoisotopic (exact) mass is 226 g/mol. The van der Waals surface area contributed by atoms with E-state index in [0.29, 0.717) is 0 Å². The third-order valence-corrected chi connectivity index (χ3v) is 1.85. The summed E-state index contributed by atoms with van der Waals surface area (Å²) < 4.78 is 4.78. The van der Waals surface area contributed by atoms with Crippen molar-refractivity contribution in [2.45, 2.75) is 0 Å². The number of benzene rings is 1. The van der Waals surface area contributed by atoms with Crippen LogP contribution < -0.4 is 4.74 Å². The van der Waals surface area contributed by atoms with E-state index in [4.69, 9.17) is 9.84 Å². The van der Waals surface area contributed by atoms with Gasteiger partial charge >= 0.3 is 5.97 Å². The van der Waals surface area contributed by atoms with Crippen LogP contribution in [0.15, 0.2) is 12.1 Å². The van der Waals surface area contributed by atoms with Gasteiger partial charge in [-0.25, -0.2) is 4.79 Å². The number of aliphatic carboxylic acids is 1. The summed E-state index contributed by atoms with van der Waals surface area (Å²) in [5.74, 6) is -3.23. The Morgan fingerprint density at radius 3 is 2.44 bits per heavy atom. The van der Waals surface area contributed by atoms with Crippen LogP contribution in [0.1, 0.15) is 5.56 Å². The van der Waals surface area contributed by atoms with Crippen molar-refractivity contribution in [1.82, 2.24) is 0 Å². The van der Waals surface area contributed by atoms with Crippen LogP contribution >= 0.6 is 0 Å². The van der Waals surface area contributed by atoms with Gasteiger partial charge in [0.05, 0.1) is 7.11 Å². The second kappa shape index (κ2) is 4.43. The van der Waals surface area contributed by atoms with E-state index in [9.17, 15) is 20.1 Å². The van der Waals surface area contributed by atoms with Crippen molar-refractivity contribution in [3.05, 3.63) is 17.7 Å². The zero-order valence-corrected chi connectivity index (χ0v) is 8.34. The lowest BCUT2D eigenvalue weighted by Crippen LogP contribution is -1.90. The van der Waals surface area contributed by atoms with E-state index in [1.807, 2.05) is 0 Å². The average Bonchev–Trinajstić information content (AvgIpc) is 2.23. The number of ether oxygens (including phenoxy) is 1. The normalized spacial score (nSPS) is 10.6. The number of phenolic OH excluding ortho intramolecular Hbond substituents is 3. The SMILES string of the molecule is COc1c(/C=C/C(=O)O)cc(O)c(O)c1O. The lowest BCUT2D eigenvalue weighted by Gasteiger charge is -2.09. The standard InChI is InChI=1S/C10H10O6/c1-16-10-5(2-3-7(12)13)4-6(11)8(14)9(10)15/h2-4,11,14-15H,1H3,(H,12,13)/b3-2+. The maximum absolute atomic E-state index is 10.3. The first-order chi connectivity index (χ1) is 7.47. The second-order valence-corrected chi connectivity index (χ2v) is 2.89. The Labute approximate surface area is 90.7 Å². The molecule has 1 rings (SSSR count). The molecule has 0 heterocycles. The van der Waals surface area contributed by atoms with Crippen molar-refractivity contribution in [3.63, 3.8) is 0 Å². The third kappa shape index (κ3) is 2.17. The molecular weight excluding hydrogens is 216 g/mol. The van der Waals surface area contributed by atoms with E-state index in [0.717, 1.165) is 18.2 Å². The topological polar surface area (TPSA) is 107 Å². The van der Waals surface area contributed by atoms with E-state index < -0.39 is 23.2 Å². The van der Waals surface area contributed by atoms with E-state index in [1.54, 1.807) is 0 Å². The Hall–Kier alpha value is -2.37. The molecule has 0 radical (unpaired) electrons. The van der Waals surface area contributed by atoms with Crippen LogP contribution in [0.4, 0.5) is 0 Å². The molecule has 86 valence electrons. The number of carbonyl (C=O) groups is 1. The number of rotatable bonds is 3. The molecule has 4 N–H and O–H groups in total. The largest absolute Gasteiger partial charge is 0.504 e. The molecule has 1 aromatic rings. The Morgan fingerprint density at radius 2 is 1.94 bits per heavy atom. The van der Waals surface area contributed by atoms with Gasteiger partial charge in [0.1, 0.15) is 0 Å². The highest BCUT2D eigenvalue weighted by atomic mass is 16.5. The lowest BCUT2D eigenvalue weighted by atomic mass is 10.1. The predicted octanol–water partition coefficient (Wildman–Crippen LogP) is 0.910. The predicted molar refractivity (Wildman–Crippen MR) is 54.7 cm³/mol. The Balaban J connectivity index is 3.33. The summed E-state index contributed by atoms with van der Waals surface area (Å²) in [6.07, 6.45) is 1.94. The number of carboxylic acids is 1. The molecule has 1 aromatic carbocycles. The summed E-state index contributed by atoms with van der Waals surface area (Å²) in [7, 11) is 1.24. The summed E-state index contributed by atoms with van der Waals surface area (Å²) in [5, 5.41) is 36.3. The highest BCUT2D eigenvalue weighted by Crippen LogP contribution is 2.44. The maximum atomic E-state index is 10.3. The molecule has 0 saturated heterocycles. The van der Waals surface area contributed by atoms with E-state index in [2.05, 4.69) is 0 Å². The van der Waals surface area contributed by atoms with Gasteiger partial charge in [-0.1, -0.05) is 0 Å². The number of hydrogen-bond donors (Lipinski definition) is 4. The lowest BCUT2D eigenvalue weighted by molar-refractivity contribution is -0.131. The highest BCUT2D eigenvalue weighted by Gasteiger charge is 2.16. The Kier molecular flexibility index (Phi) is 3.24. The highest BCUT2D eigenvalue weighted by molar-refractivity contribution is 5.86. The fourth-order valence-corrected chi connectivity index (χ4v) is 1.15. The van der Waals surface area contributed by atoms with Gasteiger partial charge in [-0.3, -0.25) is 0 Å². The molecule has 0 aliphatic heterocycles. The van der Waals surface area contributed by atoms with Crippen LogP contribution in [0.3, 0.4) is 0 Å². The van der Waals surface area contributed by atoms with Gasteiger partial charge in [0.2, 0.25) is 11.5 Å². The molecule has 0 aliphatic carbocycles. The molecule has 0 spiro atoms. The minimum atomic E-state index is -1.19. The molecule has 16 heavy (non-hydrogen) atoms. The van der Waals surface area contributed by atoms with Gasteiger partial charge < -0.3 is 25.2 Å². The van der Waals surface area contributed by atoms with Gasteiger partial charge in [-0.15, -0.1) is 0 Å². The van der Waals surface area contributed by atoms with Crippen LogP contribution in [0.5, 0.6) is 23.0 Å². The van der Waals surface area contributed by atoms with Gasteiger partial charge in [-0.2, -0.15) is 0 Å². The molecule has 0 saturated carbocycles. The smallest absolute Gasteiger partial charge is 0.328 e. The fraction of sp³-hybridized carbons (Fsp3) is 0.100. The molecule has 6 heteroatoms. The van der Waals surface area contributed by atoms with Crippen LogP contribution in [0.25, 0.3) is 6.08 Å². The maximum Gasteiger partial charge on any atom is 0.328 e. The molecule has 6 nitrogen and oxygen atoms in total. The van der Waals surface area contributed by atoms with Crippen molar-refractivity contribution in [2.75, 3.05) is 7.11 Å². The average molecular weight is 226 g/mol. The van der Waals surface area contributed by atoms with Crippen molar-refractivity contribution in [2.24, 2.45) is 0 Å². The van der Waals surface area contributed by atoms with E-state index in [1.165, 1.54) is 7.11 Å². The van der Waals surface area contributed by atoms with Gasteiger partial charge in [-0.05, 0) is 12.1 Å². The molecule has 0 aliphatic rings. The molecule has 0 atom stereocenters. The number of hydrogen-bond acceptors (Lipinski definition) is 5. The second-order valence-electron chi connectivity index (χ2n) is 2.89. The van der Waals surface area contributed by atoms with E-state index >= 15 is 0 Å². The first-order valence-corrected chi connectivity index (χ1v) is 4.20. The minimum absolute atomic E-state index is 0.118. The number of methoxy groups -OCH3 is 1. The van der Waals surface area contributed by atoms with Crippen molar-refractivity contribution >= 4 is 12.0 Å². The van der Waals surface area contributed by atoms with Gasteiger partial charge in [0, 0.05) is 11.6 Å². The zero-order valence-electron chi connectivity index (χ0n) is 8.34. The summed E-state index contributed by atoms with van der Waals surface area (Å²) in [4.78, 5) is 10.3. The summed E-state index contributed by atoms with van der Waals surface area (Å²) >= 11 is 0. The van der Waals surface area contributed by atoms with Crippen LogP contribution in [0.2, 0.25) is 0 Å². The molecule has 0 bridgehead atoms. The summed E-state index contributed by atoms with van der Waals surface area (Å²) in [6.45, 7) is 0. The first kappa shape index (κ1) is 11.7. The van der Waals surface area contributed by atoms with Crippen molar-refractivity contribution in [1.29, 1.82) is 0 Å². The molecule has 0 unspecified atom stereocenters. The summed E-state index contributed by atoms with van der Waals surface area (Å²) in [5.41, 5.74) is 0.137. The van der Waals surface area contributed by atoms with Crippen molar-refractivity contribution in [3.8, 4) is 23.0 Å². The van der Waals surface area contributed by atoms with Crippen LogP contribution in [0, 0.1) is 0 Å². The number of aromatic hydroxyl groups is 3. The van der Waals surface area contributed by atoms with Gasteiger partial charge in [0.25, 0.3) is 0 Å². The Bertz CT molecular complexity index is 449. The van der Waals surface area contributed by atoms with Crippen molar-refractivity contribution < 1.29 is 30.0 Å². The van der Waals surface area contributed by atoms with E-state index in [-0.39, 0.29) is 11.3 Å². The summed E-state index contributed by atoms with van der Waals surface area (Å²) in [6, 6.07) is 1.08. The minimum Gasteiger partial charge on any atom is -0.504 e. The van der Waals surface area contributed by atoms with Crippen LogP contribution in [-0.4, -0.2) is 33.5 Å². The fourth-order valence-electron chi connectivity index (χ4n) is 1.15. The zero-order chi connectivity index (χ0) is 12.3. The number of phenols is 3. The molecule has 0 amide bonds. The quantitative estimate of drug-likeness (QED) is 0.450.